The topological polar surface area (TPSA) is 80.3 Å². The van der Waals surface area contributed by atoms with Crippen molar-refractivity contribution in [2.45, 2.75) is 58.6 Å². The Morgan fingerprint density at radius 1 is 1.12 bits per heavy atom. The lowest BCUT2D eigenvalue weighted by molar-refractivity contribution is -0.155. The molecule has 0 spiro atoms. The van der Waals surface area contributed by atoms with Gasteiger partial charge in [-0.05, 0) is 69.4 Å². The van der Waals surface area contributed by atoms with E-state index in [1.807, 2.05) is 63.2 Å². The third-order valence-electron chi connectivity index (χ3n) is 5.24. The van der Waals surface area contributed by atoms with Crippen LogP contribution in [0.3, 0.4) is 0 Å². The number of thiocarbonyl (C=S) groups is 1. The largest absolute Gasteiger partial charge is 0.460 e. The zero-order valence-electron chi connectivity index (χ0n) is 19.4. The molecule has 2 aromatic rings. The number of nitrogens with one attached hydrogen (secondary N) is 2. The van der Waals surface area contributed by atoms with Gasteiger partial charge in [0.2, 0.25) is 0 Å². The number of ketones is 1. The molecule has 1 aliphatic rings. The van der Waals surface area contributed by atoms with Crippen molar-refractivity contribution in [1.29, 1.82) is 0 Å². The average Bonchev–Trinajstić information content (AvgIpc) is 2.76. The summed E-state index contributed by atoms with van der Waals surface area (Å²) in [5, 5.41) is 6.62. The minimum atomic E-state index is -0.515. The van der Waals surface area contributed by atoms with E-state index in [0.29, 0.717) is 36.4 Å². The van der Waals surface area contributed by atoms with Gasteiger partial charge in [0.15, 0.2) is 5.78 Å². The van der Waals surface area contributed by atoms with Crippen LogP contribution in [0.25, 0.3) is 0 Å². The molecule has 3 rings (SSSR count). The van der Waals surface area contributed by atoms with E-state index in [-0.39, 0.29) is 24.1 Å². The molecule has 1 aromatic heterocycles. The average molecular weight is 466 g/mol. The molecule has 0 bridgehead atoms. The van der Waals surface area contributed by atoms with E-state index in [2.05, 4.69) is 15.6 Å². The number of Topliss-reactive ketones (excluding diaryl/α,β-unsaturated/α-hetero) is 1. The summed E-state index contributed by atoms with van der Waals surface area (Å²) in [7, 11) is 0. The van der Waals surface area contributed by atoms with Gasteiger partial charge in [0, 0.05) is 43.2 Å². The molecule has 1 atom stereocenters. The van der Waals surface area contributed by atoms with Crippen molar-refractivity contribution in [3.05, 3.63) is 71.7 Å². The first-order chi connectivity index (χ1) is 15.7. The molecule has 0 saturated heterocycles. The van der Waals surface area contributed by atoms with E-state index in [9.17, 15) is 9.59 Å². The zero-order chi connectivity index (χ0) is 23.8. The maximum atomic E-state index is 13.2. The van der Waals surface area contributed by atoms with Crippen molar-refractivity contribution in [2.75, 3.05) is 5.32 Å². The summed E-state index contributed by atoms with van der Waals surface area (Å²) < 4.78 is 5.43. The molecule has 1 aliphatic carbocycles. The number of anilines is 1. The molecule has 1 unspecified atom stereocenters. The van der Waals surface area contributed by atoms with Gasteiger partial charge in [-0.25, -0.2) is 0 Å². The number of pyridine rings is 1. The third-order valence-corrected chi connectivity index (χ3v) is 5.54. The Hall–Kier alpha value is -3.06. The van der Waals surface area contributed by atoms with Crippen molar-refractivity contribution in [2.24, 2.45) is 5.92 Å². The zero-order valence-corrected chi connectivity index (χ0v) is 20.2. The van der Waals surface area contributed by atoms with Crippen LogP contribution in [0.15, 0.2) is 66.1 Å². The predicted octanol–water partition coefficient (Wildman–Crippen LogP) is 4.97. The molecule has 2 N–H and O–H groups in total. The second-order valence-corrected chi connectivity index (χ2v) is 9.61. The number of aromatic nitrogens is 1. The van der Waals surface area contributed by atoms with Crippen LogP contribution < -0.4 is 10.6 Å². The Morgan fingerprint density at radius 2 is 1.82 bits per heavy atom. The van der Waals surface area contributed by atoms with Crippen LogP contribution in [0.4, 0.5) is 5.69 Å². The number of nitrogens with zero attached hydrogens (tertiary/aromatic N) is 1. The minimum Gasteiger partial charge on any atom is -0.460 e. The smallest absolute Gasteiger partial charge is 0.306 e. The second-order valence-electron chi connectivity index (χ2n) is 9.21. The lowest BCUT2D eigenvalue weighted by Gasteiger charge is -2.28. The highest BCUT2D eigenvalue weighted by atomic mass is 32.1. The number of carbonyl (C=O) groups is 2. The van der Waals surface area contributed by atoms with Gasteiger partial charge >= 0.3 is 5.97 Å². The summed E-state index contributed by atoms with van der Waals surface area (Å²) in [4.78, 5) is 29.8. The molecule has 1 aromatic carbocycles. The molecule has 0 saturated carbocycles. The number of hydrogen-bond acceptors (Lipinski definition) is 6. The van der Waals surface area contributed by atoms with Crippen LogP contribution in [-0.2, 0) is 20.9 Å². The molecule has 0 fully saturated rings. The molecular formula is C26H31N3O3S. The Balaban J connectivity index is 1.75. The third kappa shape index (κ3) is 7.79. The Bertz CT molecular complexity index is 1010. The standard InChI is InChI=1S/C26H31N3O3S/c1-26(2,3)32-23(31)10-9-19-15-21(28-17-18-11-13-27-14-12-18)24(22(30)16-19)25(33)29-20-7-5-4-6-8-20/h4-8,11-14,19,28H,9-10,15-17H2,1-3H3,(H,29,33). The van der Waals surface area contributed by atoms with Crippen molar-refractivity contribution in [3.63, 3.8) is 0 Å². The maximum absolute atomic E-state index is 13.2. The van der Waals surface area contributed by atoms with Crippen LogP contribution in [0, 0.1) is 5.92 Å². The van der Waals surface area contributed by atoms with Crippen LogP contribution in [0.1, 0.15) is 52.0 Å². The van der Waals surface area contributed by atoms with Gasteiger partial charge in [0.05, 0.1) is 5.57 Å². The van der Waals surface area contributed by atoms with Crippen molar-refractivity contribution >= 4 is 34.6 Å². The molecule has 174 valence electrons. The number of allylic oxidation sites excluding steroid dienone is 1. The lowest BCUT2D eigenvalue weighted by atomic mass is 9.83. The minimum absolute atomic E-state index is 0.0129. The first kappa shape index (κ1) is 24.6. The number of benzene rings is 1. The number of esters is 1. The van der Waals surface area contributed by atoms with Crippen molar-refractivity contribution in [3.8, 4) is 0 Å². The summed E-state index contributed by atoms with van der Waals surface area (Å²) in [6, 6.07) is 13.4. The monoisotopic (exact) mass is 465 g/mol. The summed E-state index contributed by atoms with van der Waals surface area (Å²) in [5.41, 5.74) is 2.71. The van der Waals surface area contributed by atoms with Gasteiger partial charge in [-0.3, -0.25) is 14.6 Å². The molecular weight excluding hydrogens is 434 g/mol. The van der Waals surface area contributed by atoms with Crippen molar-refractivity contribution < 1.29 is 14.3 Å². The highest BCUT2D eigenvalue weighted by Gasteiger charge is 2.30. The van der Waals surface area contributed by atoms with Gasteiger partial charge in [-0.1, -0.05) is 30.4 Å². The van der Waals surface area contributed by atoms with Crippen LogP contribution in [0.5, 0.6) is 0 Å². The van der Waals surface area contributed by atoms with Crippen LogP contribution in [-0.4, -0.2) is 27.3 Å². The van der Waals surface area contributed by atoms with Crippen LogP contribution in [0.2, 0.25) is 0 Å². The van der Waals surface area contributed by atoms with E-state index in [1.54, 1.807) is 12.4 Å². The Kier molecular flexibility index (Phi) is 8.33. The Labute approximate surface area is 200 Å². The summed E-state index contributed by atoms with van der Waals surface area (Å²) in [5.74, 6) is -0.202. The number of rotatable bonds is 8. The summed E-state index contributed by atoms with van der Waals surface area (Å²) in [6.45, 7) is 6.12. The quantitative estimate of drug-likeness (QED) is 0.421. The first-order valence-electron chi connectivity index (χ1n) is 11.2. The fraction of sp³-hybridized carbons (Fsp3) is 0.385. The van der Waals surface area contributed by atoms with E-state index in [0.717, 1.165) is 16.9 Å². The highest BCUT2D eigenvalue weighted by molar-refractivity contribution is 7.81. The van der Waals surface area contributed by atoms with E-state index >= 15 is 0 Å². The fourth-order valence-electron chi connectivity index (χ4n) is 3.76. The maximum Gasteiger partial charge on any atom is 0.306 e. The number of ether oxygens (including phenoxy) is 1. The van der Waals surface area contributed by atoms with Crippen LogP contribution >= 0.6 is 12.2 Å². The molecule has 0 aliphatic heterocycles. The first-order valence-corrected chi connectivity index (χ1v) is 11.6. The number of hydrogen-bond donors (Lipinski definition) is 2. The van der Waals surface area contributed by atoms with Gasteiger partial charge in [-0.15, -0.1) is 0 Å². The summed E-state index contributed by atoms with van der Waals surface area (Å²) in [6.07, 6.45) is 5.36. The van der Waals surface area contributed by atoms with Crippen molar-refractivity contribution in [1.82, 2.24) is 10.3 Å². The number of carbonyl (C=O) groups excluding carboxylic acids is 2. The Morgan fingerprint density at radius 3 is 2.48 bits per heavy atom. The summed E-state index contributed by atoms with van der Waals surface area (Å²) >= 11 is 5.63. The number of para-hydroxylation sites is 1. The van der Waals surface area contributed by atoms with E-state index in [4.69, 9.17) is 17.0 Å². The SMILES string of the molecule is CC(C)(C)OC(=O)CCC1CC(=O)C(C(=S)Nc2ccccc2)=C(NCc2ccncc2)C1. The molecule has 33 heavy (non-hydrogen) atoms. The van der Waals surface area contributed by atoms with E-state index in [1.165, 1.54) is 0 Å². The van der Waals surface area contributed by atoms with Gasteiger partial charge < -0.3 is 15.4 Å². The van der Waals surface area contributed by atoms with Gasteiger partial charge in [0.25, 0.3) is 0 Å². The highest BCUT2D eigenvalue weighted by Crippen LogP contribution is 2.31. The molecule has 0 amide bonds. The molecule has 7 heteroatoms. The molecule has 1 heterocycles. The molecule has 6 nitrogen and oxygen atoms in total. The van der Waals surface area contributed by atoms with Gasteiger partial charge in [-0.2, -0.15) is 0 Å². The predicted molar refractivity (Wildman–Crippen MR) is 134 cm³/mol. The lowest BCUT2D eigenvalue weighted by Crippen LogP contribution is -2.32. The normalized spacial score (nSPS) is 16.3. The molecule has 0 radical (unpaired) electrons. The fourth-order valence-corrected chi connectivity index (χ4v) is 4.12. The van der Waals surface area contributed by atoms with Gasteiger partial charge in [0.1, 0.15) is 10.6 Å². The van der Waals surface area contributed by atoms with E-state index < -0.39 is 5.60 Å². The second kappa shape index (κ2) is 11.2.